The maximum Gasteiger partial charge on any atom is 0.255 e. The van der Waals surface area contributed by atoms with Crippen LogP contribution in [0.4, 0.5) is 0 Å². The molecule has 6 heteroatoms. The summed E-state index contributed by atoms with van der Waals surface area (Å²) in [5.74, 6) is -0.161. The van der Waals surface area contributed by atoms with Crippen LogP contribution in [0.1, 0.15) is 16.7 Å². The number of likely N-dealkylation sites (N-methyl/N-ethyl adjacent to an activating group) is 1. The quantitative estimate of drug-likeness (QED) is 0.774. The van der Waals surface area contributed by atoms with E-state index >= 15 is 0 Å². The van der Waals surface area contributed by atoms with Gasteiger partial charge in [-0.1, -0.05) is 24.3 Å². The van der Waals surface area contributed by atoms with Crippen LogP contribution in [-0.4, -0.2) is 30.4 Å². The number of nitrogens with two attached hydrogens (primary N) is 1. The molecular formula is C20H19N3O3. The molecule has 0 heterocycles. The van der Waals surface area contributed by atoms with Crippen LogP contribution in [-0.2, 0) is 16.1 Å². The standard InChI is InChI=1S/C20H19N3O3/c1-23(13-17-4-2-3-16(11-17)12-21)20(25)10-7-15-5-8-18(9-6-15)26-14-19(22)24/h2-11H,13-14H2,1H3,(H2,22,24)/b10-7+. The molecule has 0 radical (unpaired) electrons. The second kappa shape index (κ2) is 9.04. The molecule has 0 aliphatic rings. The molecule has 0 aliphatic heterocycles. The van der Waals surface area contributed by atoms with Gasteiger partial charge in [0, 0.05) is 19.7 Å². The lowest BCUT2D eigenvalue weighted by Crippen LogP contribution is -2.24. The van der Waals surface area contributed by atoms with Gasteiger partial charge in [0.2, 0.25) is 5.91 Å². The molecular weight excluding hydrogens is 330 g/mol. The van der Waals surface area contributed by atoms with Crippen molar-refractivity contribution in [2.75, 3.05) is 13.7 Å². The molecule has 132 valence electrons. The van der Waals surface area contributed by atoms with E-state index in [1.807, 2.05) is 6.07 Å². The zero-order chi connectivity index (χ0) is 18.9. The number of carbonyl (C=O) groups is 2. The Morgan fingerprint density at radius 2 is 1.96 bits per heavy atom. The molecule has 2 amide bonds. The minimum atomic E-state index is -0.539. The second-order valence-electron chi connectivity index (χ2n) is 5.66. The van der Waals surface area contributed by atoms with E-state index in [0.29, 0.717) is 17.9 Å². The van der Waals surface area contributed by atoms with Crippen molar-refractivity contribution < 1.29 is 14.3 Å². The summed E-state index contributed by atoms with van der Waals surface area (Å²) in [6.07, 6.45) is 3.18. The molecule has 2 rings (SSSR count). The lowest BCUT2D eigenvalue weighted by Gasteiger charge is -2.15. The van der Waals surface area contributed by atoms with Gasteiger partial charge >= 0.3 is 0 Å². The van der Waals surface area contributed by atoms with Crippen molar-refractivity contribution in [3.05, 3.63) is 71.3 Å². The molecule has 2 N–H and O–H groups in total. The Kier molecular flexibility index (Phi) is 6.52. The van der Waals surface area contributed by atoms with Crippen molar-refractivity contribution in [1.82, 2.24) is 4.90 Å². The van der Waals surface area contributed by atoms with E-state index in [0.717, 1.165) is 11.1 Å². The number of nitrogens with zero attached hydrogens (tertiary/aromatic N) is 2. The monoisotopic (exact) mass is 349 g/mol. The average molecular weight is 349 g/mol. The number of primary amides is 1. The molecule has 0 saturated heterocycles. The number of rotatable bonds is 7. The summed E-state index contributed by atoms with van der Waals surface area (Å²) in [5, 5.41) is 8.92. The van der Waals surface area contributed by atoms with E-state index in [2.05, 4.69) is 6.07 Å². The number of benzene rings is 2. The summed E-state index contributed by atoms with van der Waals surface area (Å²) in [7, 11) is 1.70. The van der Waals surface area contributed by atoms with Gasteiger partial charge in [-0.3, -0.25) is 9.59 Å². The molecule has 0 atom stereocenters. The number of amides is 2. The minimum Gasteiger partial charge on any atom is -0.484 e. The molecule has 0 bridgehead atoms. The normalized spacial score (nSPS) is 10.3. The first-order valence-corrected chi connectivity index (χ1v) is 7.91. The van der Waals surface area contributed by atoms with Crippen molar-refractivity contribution >= 4 is 17.9 Å². The number of ether oxygens (including phenoxy) is 1. The third-order valence-electron chi connectivity index (χ3n) is 3.53. The Morgan fingerprint density at radius 1 is 1.23 bits per heavy atom. The molecule has 0 aromatic heterocycles. The fraction of sp³-hybridized carbons (Fsp3) is 0.150. The minimum absolute atomic E-state index is 0.151. The van der Waals surface area contributed by atoms with Gasteiger partial charge in [-0.15, -0.1) is 0 Å². The van der Waals surface area contributed by atoms with Crippen molar-refractivity contribution in [2.45, 2.75) is 6.54 Å². The van der Waals surface area contributed by atoms with Crippen LogP contribution in [0.15, 0.2) is 54.6 Å². The maximum absolute atomic E-state index is 12.2. The van der Waals surface area contributed by atoms with Gasteiger partial charge in [-0.05, 0) is 41.5 Å². The van der Waals surface area contributed by atoms with Gasteiger partial charge in [0.1, 0.15) is 5.75 Å². The molecule has 0 spiro atoms. The fourth-order valence-corrected chi connectivity index (χ4v) is 2.22. The Hall–Kier alpha value is -3.59. The molecule has 2 aromatic rings. The van der Waals surface area contributed by atoms with Crippen molar-refractivity contribution in [3.63, 3.8) is 0 Å². The summed E-state index contributed by atoms with van der Waals surface area (Å²) in [6.45, 7) is 0.240. The number of carbonyl (C=O) groups excluding carboxylic acids is 2. The van der Waals surface area contributed by atoms with Gasteiger partial charge in [-0.2, -0.15) is 5.26 Å². The third-order valence-corrected chi connectivity index (χ3v) is 3.53. The summed E-state index contributed by atoms with van der Waals surface area (Å²) < 4.78 is 5.17. The number of nitriles is 1. The van der Waals surface area contributed by atoms with Crippen LogP contribution < -0.4 is 10.5 Å². The Labute approximate surface area is 152 Å². The van der Waals surface area contributed by atoms with E-state index in [9.17, 15) is 9.59 Å². The van der Waals surface area contributed by atoms with Crippen molar-refractivity contribution in [3.8, 4) is 11.8 Å². The predicted molar refractivity (Wildman–Crippen MR) is 97.8 cm³/mol. The highest BCUT2D eigenvalue weighted by Gasteiger charge is 2.06. The molecule has 0 aliphatic carbocycles. The lowest BCUT2D eigenvalue weighted by atomic mass is 10.1. The van der Waals surface area contributed by atoms with Crippen LogP contribution in [0.3, 0.4) is 0 Å². The van der Waals surface area contributed by atoms with Gasteiger partial charge < -0.3 is 15.4 Å². The molecule has 0 saturated carbocycles. The molecule has 0 unspecified atom stereocenters. The highest BCUT2D eigenvalue weighted by atomic mass is 16.5. The van der Waals surface area contributed by atoms with E-state index in [4.69, 9.17) is 15.7 Å². The molecule has 26 heavy (non-hydrogen) atoms. The highest BCUT2D eigenvalue weighted by molar-refractivity contribution is 5.91. The Balaban J connectivity index is 1.93. The third kappa shape index (κ3) is 5.80. The first kappa shape index (κ1) is 18.7. The Morgan fingerprint density at radius 3 is 2.62 bits per heavy atom. The zero-order valence-corrected chi connectivity index (χ0v) is 14.4. The van der Waals surface area contributed by atoms with E-state index < -0.39 is 5.91 Å². The number of hydrogen-bond acceptors (Lipinski definition) is 4. The summed E-state index contributed by atoms with van der Waals surface area (Å²) in [5.41, 5.74) is 7.30. The largest absolute Gasteiger partial charge is 0.484 e. The van der Waals surface area contributed by atoms with Crippen LogP contribution in [0, 0.1) is 11.3 Å². The van der Waals surface area contributed by atoms with Crippen LogP contribution in [0.2, 0.25) is 0 Å². The van der Waals surface area contributed by atoms with Gasteiger partial charge in [0.25, 0.3) is 5.91 Å². The van der Waals surface area contributed by atoms with Crippen molar-refractivity contribution in [2.24, 2.45) is 5.73 Å². The van der Waals surface area contributed by atoms with Gasteiger partial charge in [0.05, 0.1) is 11.6 Å². The van der Waals surface area contributed by atoms with Gasteiger partial charge in [0.15, 0.2) is 6.61 Å². The molecule has 6 nitrogen and oxygen atoms in total. The van der Waals surface area contributed by atoms with Crippen LogP contribution in [0.25, 0.3) is 6.08 Å². The van der Waals surface area contributed by atoms with Crippen LogP contribution >= 0.6 is 0 Å². The molecule has 0 fully saturated rings. The van der Waals surface area contributed by atoms with Gasteiger partial charge in [-0.25, -0.2) is 0 Å². The number of hydrogen-bond donors (Lipinski definition) is 1. The van der Waals surface area contributed by atoms with Crippen molar-refractivity contribution in [1.29, 1.82) is 5.26 Å². The summed E-state index contributed by atoms with van der Waals surface area (Å²) >= 11 is 0. The predicted octanol–water partition coefficient (Wildman–Crippen LogP) is 2.09. The fourth-order valence-electron chi connectivity index (χ4n) is 2.22. The average Bonchev–Trinajstić information content (AvgIpc) is 2.65. The molecule has 2 aromatic carbocycles. The van der Waals surface area contributed by atoms with E-state index in [1.165, 1.54) is 6.08 Å². The van der Waals surface area contributed by atoms with E-state index in [-0.39, 0.29) is 12.5 Å². The first-order valence-electron chi connectivity index (χ1n) is 7.91. The smallest absolute Gasteiger partial charge is 0.255 e. The lowest BCUT2D eigenvalue weighted by molar-refractivity contribution is -0.125. The van der Waals surface area contributed by atoms with E-state index in [1.54, 1.807) is 60.5 Å². The van der Waals surface area contributed by atoms with Crippen LogP contribution in [0.5, 0.6) is 5.75 Å². The highest BCUT2D eigenvalue weighted by Crippen LogP contribution is 2.13. The SMILES string of the molecule is CN(Cc1cccc(C#N)c1)C(=O)/C=C/c1ccc(OCC(N)=O)cc1. The second-order valence-corrected chi connectivity index (χ2v) is 5.66. The topological polar surface area (TPSA) is 96.4 Å². The zero-order valence-electron chi connectivity index (χ0n) is 14.4. The first-order chi connectivity index (χ1) is 12.5. The summed E-state index contributed by atoms with van der Waals surface area (Å²) in [6, 6.07) is 16.2. The summed E-state index contributed by atoms with van der Waals surface area (Å²) in [4.78, 5) is 24.5. The maximum atomic E-state index is 12.2. The Bertz CT molecular complexity index is 851.